The number of phenols is 2. The Morgan fingerprint density at radius 1 is 0.925 bits per heavy atom. The zero-order valence-electron chi connectivity index (χ0n) is 22.3. The average molecular weight is 547 g/mol. The number of phenolic OH excluding ortho intramolecular Hbond substituents is 2. The molecule has 0 aromatic heterocycles. The number of anilines is 1. The van der Waals surface area contributed by atoms with Crippen LogP contribution in [0.25, 0.3) is 0 Å². The van der Waals surface area contributed by atoms with Crippen molar-refractivity contribution < 1.29 is 29.3 Å². The first-order valence-electron chi connectivity index (χ1n) is 13.2. The second kappa shape index (κ2) is 13.5. The van der Waals surface area contributed by atoms with Gasteiger partial charge in [-0.25, -0.2) is 9.59 Å². The van der Waals surface area contributed by atoms with Crippen molar-refractivity contribution in [2.75, 3.05) is 25.0 Å². The van der Waals surface area contributed by atoms with E-state index in [-0.39, 0.29) is 36.5 Å². The SMILES string of the molecule is CCOC(=O)c1ccc(NC(=O)N[C@H](Cc2ccc(O)cc2)C(=O)N[C@H]2CCN(Cc3ccc(O)cc3)C2)cc1. The Hall–Kier alpha value is -4.57. The minimum Gasteiger partial charge on any atom is -0.508 e. The molecule has 5 N–H and O–H groups in total. The molecule has 3 amide bonds. The summed E-state index contributed by atoms with van der Waals surface area (Å²) in [6, 6.07) is 18.3. The summed E-state index contributed by atoms with van der Waals surface area (Å²) >= 11 is 0. The normalized spacial score (nSPS) is 15.7. The van der Waals surface area contributed by atoms with Crippen molar-refractivity contribution in [1.29, 1.82) is 0 Å². The Morgan fingerprint density at radius 2 is 1.55 bits per heavy atom. The molecule has 0 bridgehead atoms. The van der Waals surface area contributed by atoms with Gasteiger partial charge in [0.05, 0.1) is 12.2 Å². The number of aromatic hydroxyl groups is 2. The zero-order chi connectivity index (χ0) is 28.5. The first-order valence-corrected chi connectivity index (χ1v) is 13.2. The first-order chi connectivity index (χ1) is 19.3. The van der Waals surface area contributed by atoms with Crippen molar-refractivity contribution in [3.63, 3.8) is 0 Å². The van der Waals surface area contributed by atoms with Gasteiger partial charge in [0, 0.05) is 37.8 Å². The number of nitrogens with one attached hydrogen (secondary N) is 3. The van der Waals surface area contributed by atoms with E-state index < -0.39 is 18.0 Å². The van der Waals surface area contributed by atoms with E-state index in [4.69, 9.17) is 4.74 Å². The third kappa shape index (κ3) is 8.21. The average Bonchev–Trinajstić information content (AvgIpc) is 3.37. The number of rotatable bonds is 10. The largest absolute Gasteiger partial charge is 0.508 e. The molecular weight excluding hydrogens is 512 g/mol. The number of carbonyl (C=O) groups is 3. The molecule has 2 atom stereocenters. The first kappa shape index (κ1) is 28.4. The van der Waals surface area contributed by atoms with E-state index in [9.17, 15) is 24.6 Å². The number of amides is 3. The molecule has 0 saturated carbocycles. The number of hydrogen-bond donors (Lipinski definition) is 5. The maximum Gasteiger partial charge on any atom is 0.338 e. The van der Waals surface area contributed by atoms with E-state index in [1.807, 2.05) is 12.1 Å². The highest BCUT2D eigenvalue weighted by Gasteiger charge is 2.28. The quantitative estimate of drug-likeness (QED) is 0.246. The predicted molar refractivity (Wildman–Crippen MR) is 150 cm³/mol. The molecule has 0 aliphatic carbocycles. The molecule has 3 aromatic carbocycles. The Morgan fingerprint density at radius 3 is 2.17 bits per heavy atom. The molecule has 4 rings (SSSR count). The molecule has 1 saturated heterocycles. The van der Waals surface area contributed by atoms with E-state index in [0.29, 0.717) is 24.3 Å². The van der Waals surface area contributed by atoms with Crippen LogP contribution in [0, 0.1) is 0 Å². The number of urea groups is 1. The second-order valence-corrected chi connectivity index (χ2v) is 9.72. The molecule has 210 valence electrons. The number of likely N-dealkylation sites (tertiary alicyclic amines) is 1. The van der Waals surface area contributed by atoms with Crippen molar-refractivity contribution in [3.8, 4) is 11.5 Å². The number of hydrogen-bond acceptors (Lipinski definition) is 7. The van der Waals surface area contributed by atoms with Crippen LogP contribution in [0.2, 0.25) is 0 Å². The zero-order valence-corrected chi connectivity index (χ0v) is 22.3. The monoisotopic (exact) mass is 546 g/mol. The summed E-state index contributed by atoms with van der Waals surface area (Å²) < 4.78 is 4.98. The van der Waals surface area contributed by atoms with Gasteiger partial charge >= 0.3 is 12.0 Å². The number of carbonyl (C=O) groups excluding carboxylic acids is 3. The van der Waals surface area contributed by atoms with Gasteiger partial charge in [-0.2, -0.15) is 0 Å². The maximum absolute atomic E-state index is 13.3. The molecule has 0 radical (unpaired) electrons. The summed E-state index contributed by atoms with van der Waals surface area (Å²) in [7, 11) is 0. The van der Waals surface area contributed by atoms with E-state index in [0.717, 1.165) is 24.1 Å². The lowest BCUT2D eigenvalue weighted by atomic mass is 10.0. The Labute approximate surface area is 233 Å². The predicted octanol–water partition coefficient (Wildman–Crippen LogP) is 3.40. The van der Waals surface area contributed by atoms with E-state index in [1.165, 1.54) is 12.1 Å². The van der Waals surface area contributed by atoms with Gasteiger partial charge in [0.2, 0.25) is 5.91 Å². The lowest BCUT2D eigenvalue weighted by Gasteiger charge is -2.22. The van der Waals surface area contributed by atoms with E-state index in [1.54, 1.807) is 55.5 Å². The van der Waals surface area contributed by atoms with Crippen molar-refractivity contribution in [2.45, 2.75) is 38.4 Å². The standard InChI is InChI=1S/C30H34N4O6/c1-2-40-29(38)22-7-9-23(10-8-22)32-30(39)33-27(17-20-3-11-25(35)12-4-20)28(37)31-24-15-16-34(19-24)18-21-5-13-26(36)14-6-21/h3-14,24,27,35-36H,2,15-19H2,1H3,(H,31,37)(H2,32,33,39)/t24-,27+/m0/s1. The van der Waals surface area contributed by atoms with E-state index in [2.05, 4.69) is 20.9 Å². The van der Waals surface area contributed by atoms with Gasteiger partial charge in [0.15, 0.2) is 0 Å². The van der Waals surface area contributed by atoms with Crippen LogP contribution in [0.5, 0.6) is 11.5 Å². The maximum atomic E-state index is 13.3. The Bertz CT molecular complexity index is 1300. The lowest BCUT2D eigenvalue weighted by molar-refractivity contribution is -0.123. The Balaban J connectivity index is 1.37. The summed E-state index contributed by atoms with van der Waals surface area (Å²) in [5, 5.41) is 27.7. The number of esters is 1. The molecule has 0 spiro atoms. The van der Waals surface area contributed by atoms with Crippen molar-refractivity contribution in [1.82, 2.24) is 15.5 Å². The summed E-state index contributed by atoms with van der Waals surface area (Å²) in [5.41, 5.74) is 2.67. The lowest BCUT2D eigenvalue weighted by Crippen LogP contribution is -2.52. The molecule has 1 aliphatic heterocycles. The highest BCUT2D eigenvalue weighted by Crippen LogP contribution is 2.17. The Kier molecular flexibility index (Phi) is 9.58. The van der Waals surface area contributed by atoms with Crippen LogP contribution in [-0.4, -0.2) is 64.8 Å². The van der Waals surface area contributed by atoms with Gasteiger partial charge in [-0.05, 0) is 73.0 Å². The van der Waals surface area contributed by atoms with Crippen molar-refractivity contribution in [3.05, 3.63) is 89.5 Å². The van der Waals surface area contributed by atoms with Crippen LogP contribution in [-0.2, 0) is 22.5 Å². The fraction of sp³-hybridized carbons (Fsp3) is 0.300. The summed E-state index contributed by atoms with van der Waals surface area (Å²) in [6.45, 7) is 4.17. The minimum absolute atomic E-state index is 0.0767. The van der Waals surface area contributed by atoms with Crippen LogP contribution in [0.3, 0.4) is 0 Å². The van der Waals surface area contributed by atoms with Crippen molar-refractivity contribution >= 4 is 23.6 Å². The second-order valence-electron chi connectivity index (χ2n) is 9.72. The molecule has 0 unspecified atom stereocenters. The van der Waals surface area contributed by atoms with Gasteiger partial charge < -0.3 is 30.9 Å². The van der Waals surface area contributed by atoms with Crippen LogP contribution in [0.4, 0.5) is 10.5 Å². The molecule has 10 nitrogen and oxygen atoms in total. The summed E-state index contributed by atoms with van der Waals surface area (Å²) in [6.07, 6.45) is 1.00. The third-order valence-corrected chi connectivity index (χ3v) is 6.61. The highest BCUT2D eigenvalue weighted by atomic mass is 16.5. The molecule has 3 aromatic rings. The number of nitrogens with zero attached hydrogens (tertiary/aromatic N) is 1. The fourth-order valence-corrected chi connectivity index (χ4v) is 4.56. The van der Waals surface area contributed by atoms with Crippen LogP contribution >= 0.6 is 0 Å². The molecule has 1 fully saturated rings. The third-order valence-electron chi connectivity index (χ3n) is 6.61. The molecule has 1 heterocycles. The summed E-state index contributed by atoms with van der Waals surface area (Å²) in [4.78, 5) is 40.3. The number of benzene rings is 3. The van der Waals surface area contributed by atoms with Gasteiger partial charge in [0.25, 0.3) is 0 Å². The highest BCUT2D eigenvalue weighted by molar-refractivity contribution is 5.95. The summed E-state index contributed by atoms with van der Waals surface area (Å²) in [5.74, 6) is -0.420. The minimum atomic E-state index is -0.866. The molecule has 1 aliphatic rings. The molecule has 10 heteroatoms. The van der Waals surface area contributed by atoms with Crippen LogP contribution in [0.1, 0.15) is 34.8 Å². The van der Waals surface area contributed by atoms with Crippen LogP contribution in [0.15, 0.2) is 72.8 Å². The topological polar surface area (TPSA) is 140 Å². The molecule has 40 heavy (non-hydrogen) atoms. The van der Waals surface area contributed by atoms with Gasteiger partial charge in [0.1, 0.15) is 17.5 Å². The van der Waals surface area contributed by atoms with Gasteiger partial charge in [-0.1, -0.05) is 24.3 Å². The molecular formula is C30H34N4O6. The van der Waals surface area contributed by atoms with E-state index >= 15 is 0 Å². The number of ether oxygens (including phenoxy) is 1. The fourth-order valence-electron chi connectivity index (χ4n) is 4.56. The van der Waals surface area contributed by atoms with Gasteiger partial charge in [-0.15, -0.1) is 0 Å². The van der Waals surface area contributed by atoms with Gasteiger partial charge in [-0.3, -0.25) is 9.69 Å². The van der Waals surface area contributed by atoms with Crippen LogP contribution < -0.4 is 16.0 Å². The smallest absolute Gasteiger partial charge is 0.338 e. The van der Waals surface area contributed by atoms with Crippen molar-refractivity contribution in [2.24, 2.45) is 0 Å².